The van der Waals surface area contributed by atoms with E-state index in [9.17, 15) is 4.79 Å². The van der Waals surface area contributed by atoms with Gasteiger partial charge >= 0.3 is 0 Å². The number of hydrogen-bond donors (Lipinski definition) is 0. The van der Waals surface area contributed by atoms with Crippen LogP contribution in [0.5, 0.6) is 5.75 Å². The molecule has 74 valence electrons. The van der Waals surface area contributed by atoms with Crippen molar-refractivity contribution in [2.45, 2.75) is 12.5 Å². The summed E-state index contributed by atoms with van der Waals surface area (Å²) in [6, 6.07) is 7.86. The summed E-state index contributed by atoms with van der Waals surface area (Å²) in [5, 5.41) is 0. The third-order valence-electron chi connectivity index (χ3n) is 2.63. The average Bonchev–Trinajstić information content (AvgIpc) is 2.18. The Kier molecular flexibility index (Phi) is 2.39. The molecule has 3 heteroatoms. The third-order valence-corrected chi connectivity index (χ3v) is 2.63. The van der Waals surface area contributed by atoms with Crippen molar-refractivity contribution < 1.29 is 9.53 Å². The largest absolute Gasteiger partial charge is 0.497 e. The van der Waals surface area contributed by atoms with Crippen LogP contribution in [0.25, 0.3) is 0 Å². The molecular weight excluding hydrogens is 178 g/mol. The molecule has 0 bridgehead atoms. The molecule has 0 spiro atoms. The Morgan fingerprint density at radius 1 is 1.43 bits per heavy atom. The van der Waals surface area contributed by atoms with Crippen molar-refractivity contribution in [2.75, 3.05) is 18.6 Å². The quantitative estimate of drug-likeness (QED) is 0.678. The van der Waals surface area contributed by atoms with Crippen molar-refractivity contribution >= 4 is 12.0 Å². The van der Waals surface area contributed by atoms with Crippen LogP contribution in [0.1, 0.15) is 6.42 Å². The van der Waals surface area contributed by atoms with Crippen LogP contribution in [0.4, 0.5) is 5.69 Å². The van der Waals surface area contributed by atoms with Gasteiger partial charge in [0.05, 0.1) is 13.2 Å². The van der Waals surface area contributed by atoms with Crippen LogP contribution in [0.2, 0.25) is 0 Å². The number of methoxy groups -OCH3 is 1. The maximum absolute atomic E-state index is 10.6. The van der Waals surface area contributed by atoms with E-state index >= 15 is 0 Å². The summed E-state index contributed by atoms with van der Waals surface area (Å²) in [4.78, 5) is 12.7. The van der Waals surface area contributed by atoms with E-state index in [2.05, 4.69) is 4.90 Å². The van der Waals surface area contributed by atoms with E-state index in [1.807, 2.05) is 24.3 Å². The van der Waals surface area contributed by atoms with Crippen LogP contribution < -0.4 is 9.64 Å². The molecule has 1 atom stereocenters. The number of benzene rings is 1. The summed E-state index contributed by atoms with van der Waals surface area (Å²) in [6.07, 6.45) is 1.98. The van der Waals surface area contributed by atoms with Crippen molar-refractivity contribution in [1.29, 1.82) is 0 Å². The Hall–Kier alpha value is -1.51. The highest BCUT2D eigenvalue weighted by atomic mass is 16.5. The van der Waals surface area contributed by atoms with Crippen molar-refractivity contribution in [3.05, 3.63) is 24.3 Å². The number of aldehydes is 1. The Morgan fingerprint density at radius 2 is 2.14 bits per heavy atom. The molecule has 1 aliphatic heterocycles. The molecule has 0 aliphatic carbocycles. The lowest BCUT2D eigenvalue weighted by molar-refractivity contribution is -0.109. The minimum atomic E-state index is 0.0726. The monoisotopic (exact) mass is 191 g/mol. The molecule has 14 heavy (non-hydrogen) atoms. The summed E-state index contributed by atoms with van der Waals surface area (Å²) in [6.45, 7) is 0.968. The summed E-state index contributed by atoms with van der Waals surface area (Å²) in [5.74, 6) is 0.844. The smallest absolute Gasteiger partial charge is 0.142 e. The normalized spacial score (nSPS) is 20.1. The number of ether oxygens (including phenoxy) is 1. The van der Waals surface area contributed by atoms with Gasteiger partial charge in [0.25, 0.3) is 0 Å². The highest BCUT2D eigenvalue weighted by Crippen LogP contribution is 2.26. The topological polar surface area (TPSA) is 29.5 Å². The van der Waals surface area contributed by atoms with Crippen molar-refractivity contribution in [3.8, 4) is 5.75 Å². The molecule has 0 radical (unpaired) electrons. The van der Waals surface area contributed by atoms with E-state index in [0.29, 0.717) is 0 Å². The van der Waals surface area contributed by atoms with Crippen LogP contribution in [0, 0.1) is 0 Å². The fourth-order valence-electron chi connectivity index (χ4n) is 1.64. The van der Waals surface area contributed by atoms with Crippen molar-refractivity contribution in [2.24, 2.45) is 0 Å². The number of anilines is 1. The lowest BCUT2D eigenvalue weighted by Gasteiger charge is -2.39. The van der Waals surface area contributed by atoms with Crippen molar-refractivity contribution in [3.63, 3.8) is 0 Å². The Bertz CT molecular complexity index is 321. The lowest BCUT2D eigenvalue weighted by Crippen LogP contribution is -2.48. The van der Waals surface area contributed by atoms with Gasteiger partial charge in [-0.25, -0.2) is 0 Å². The minimum absolute atomic E-state index is 0.0726. The summed E-state index contributed by atoms with van der Waals surface area (Å²) >= 11 is 0. The van der Waals surface area contributed by atoms with Gasteiger partial charge in [-0.05, 0) is 30.7 Å². The summed E-state index contributed by atoms with van der Waals surface area (Å²) in [5.41, 5.74) is 1.09. The molecule has 1 aliphatic rings. The molecule has 2 rings (SSSR count). The van der Waals surface area contributed by atoms with Gasteiger partial charge in [0, 0.05) is 12.2 Å². The molecule has 0 aromatic heterocycles. The van der Waals surface area contributed by atoms with Gasteiger partial charge in [0.15, 0.2) is 0 Å². The maximum atomic E-state index is 10.6. The fourth-order valence-corrected chi connectivity index (χ4v) is 1.64. The molecular formula is C11H13NO2. The highest BCUT2D eigenvalue weighted by Gasteiger charge is 2.27. The molecule has 0 amide bonds. The second kappa shape index (κ2) is 3.70. The van der Waals surface area contributed by atoms with Crippen LogP contribution >= 0.6 is 0 Å². The molecule has 0 saturated carbocycles. The molecule has 1 heterocycles. The predicted molar refractivity (Wildman–Crippen MR) is 54.8 cm³/mol. The zero-order valence-electron chi connectivity index (χ0n) is 8.14. The SMILES string of the molecule is COc1ccc(N2CCC2C=O)cc1. The predicted octanol–water partition coefficient (Wildman–Crippen LogP) is 1.47. The fraction of sp³-hybridized carbons (Fsp3) is 0.364. The van der Waals surface area contributed by atoms with E-state index in [1.165, 1.54) is 0 Å². The lowest BCUT2D eigenvalue weighted by atomic mass is 10.0. The number of rotatable bonds is 3. The Balaban J connectivity index is 2.13. The average molecular weight is 191 g/mol. The first-order valence-electron chi connectivity index (χ1n) is 4.71. The molecule has 1 aromatic carbocycles. The number of hydrogen-bond acceptors (Lipinski definition) is 3. The minimum Gasteiger partial charge on any atom is -0.497 e. The second-order valence-corrected chi connectivity index (χ2v) is 3.38. The van der Waals surface area contributed by atoms with E-state index < -0.39 is 0 Å². The standard InChI is InChI=1S/C11H13NO2/c1-14-11-4-2-9(3-5-11)12-7-6-10(12)8-13/h2-5,8,10H,6-7H2,1H3. The molecule has 0 N–H and O–H groups in total. The molecule has 3 nitrogen and oxygen atoms in total. The zero-order chi connectivity index (χ0) is 9.97. The highest BCUT2D eigenvalue weighted by molar-refractivity contribution is 5.69. The molecule has 1 fully saturated rings. The first kappa shape index (κ1) is 9.06. The van der Waals surface area contributed by atoms with E-state index in [1.54, 1.807) is 7.11 Å². The van der Waals surface area contributed by atoms with Gasteiger partial charge in [-0.3, -0.25) is 0 Å². The summed E-state index contributed by atoms with van der Waals surface area (Å²) < 4.78 is 5.07. The van der Waals surface area contributed by atoms with Gasteiger partial charge in [0.2, 0.25) is 0 Å². The number of carbonyl (C=O) groups excluding carboxylic acids is 1. The van der Waals surface area contributed by atoms with Gasteiger partial charge in [0.1, 0.15) is 12.0 Å². The molecule has 1 unspecified atom stereocenters. The second-order valence-electron chi connectivity index (χ2n) is 3.38. The Labute approximate surface area is 83.3 Å². The first-order valence-corrected chi connectivity index (χ1v) is 4.71. The van der Waals surface area contributed by atoms with Gasteiger partial charge in [-0.15, -0.1) is 0 Å². The van der Waals surface area contributed by atoms with E-state index in [4.69, 9.17) is 4.74 Å². The van der Waals surface area contributed by atoms with Gasteiger partial charge in [-0.1, -0.05) is 0 Å². The maximum Gasteiger partial charge on any atom is 0.142 e. The zero-order valence-corrected chi connectivity index (χ0v) is 8.14. The number of carbonyl (C=O) groups is 1. The Morgan fingerprint density at radius 3 is 2.57 bits per heavy atom. The molecule has 1 aromatic rings. The van der Waals surface area contributed by atoms with Crippen molar-refractivity contribution in [1.82, 2.24) is 0 Å². The van der Waals surface area contributed by atoms with E-state index in [-0.39, 0.29) is 6.04 Å². The van der Waals surface area contributed by atoms with Crippen LogP contribution in [-0.2, 0) is 4.79 Å². The number of nitrogens with zero attached hydrogens (tertiary/aromatic N) is 1. The van der Waals surface area contributed by atoms with Crippen LogP contribution in [0.15, 0.2) is 24.3 Å². The molecule has 1 saturated heterocycles. The first-order chi connectivity index (χ1) is 6.85. The summed E-state index contributed by atoms with van der Waals surface area (Å²) in [7, 11) is 1.65. The van der Waals surface area contributed by atoms with Gasteiger partial charge < -0.3 is 14.4 Å². The van der Waals surface area contributed by atoms with Crippen LogP contribution in [-0.4, -0.2) is 26.0 Å². The van der Waals surface area contributed by atoms with Gasteiger partial charge in [-0.2, -0.15) is 0 Å². The van der Waals surface area contributed by atoms with Crippen LogP contribution in [0.3, 0.4) is 0 Å². The van der Waals surface area contributed by atoms with E-state index in [0.717, 1.165) is 30.7 Å². The third kappa shape index (κ3) is 1.45.